The molecule has 0 radical (unpaired) electrons. The van der Waals surface area contributed by atoms with Crippen LogP contribution in [0, 0.1) is 5.92 Å². The number of fused-ring (bicyclic) bond motifs is 3. The van der Waals surface area contributed by atoms with E-state index < -0.39 is 24.0 Å². The third kappa shape index (κ3) is 4.94. The number of benzene rings is 2. The van der Waals surface area contributed by atoms with Crippen LogP contribution in [0.25, 0.3) is 11.1 Å². The number of nitrogens with zero attached hydrogens (tertiary/aromatic N) is 1. The average molecular weight is 480 g/mol. The van der Waals surface area contributed by atoms with Gasteiger partial charge in [-0.1, -0.05) is 62.4 Å². The van der Waals surface area contributed by atoms with Crippen LogP contribution in [0.1, 0.15) is 46.4 Å². The Kier molecular flexibility index (Phi) is 6.93. The minimum Gasteiger partial charge on any atom is -0.480 e. The number of amides is 2. The molecule has 0 fully saturated rings. The Morgan fingerprint density at radius 1 is 1.06 bits per heavy atom. The lowest BCUT2D eigenvalue weighted by Crippen LogP contribution is -2.44. The average Bonchev–Trinajstić information content (AvgIpc) is 3.42. The zero-order valence-corrected chi connectivity index (χ0v) is 19.6. The van der Waals surface area contributed by atoms with Crippen molar-refractivity contribution < 1.29 is 24.2 Å². The number of carboxylic acid groups (broad SMARTS) is 1. The van der Waals surface area contributed by atoms with Crippen LogP contribution in [-0.2, 0) is 16.1 Å². The number of hydrogen-bond donors (Lipinski definition) is 3. The molecule has 1 heterocycles. The van der Waals surface area contributed by atoms with Crippen LogP contribution in [0.15, 0.2) is 53.9 Å². The fourth-order valence-electron chi connectivity index (χ4n) is 4.02. The molecular formula is C25H25N3O5S. The molecule has 0 saturated heterocycles. The third-order valence-corrected chi connectivity index (χ3v) is 6.58. The lowest BCUT2D eigenvalue weighted by atomic mass is 9.98. The van der Waals surface area contributed by atoms with E-state index in [9.17, 15) is 19.5 Å². The van der Waals surface area contributed by atoms with Crippen LogP contribution in [0.4, 0.5) is 4.79 Å². The number of alkyl carbamates (subject to hydrolysis) is 1. The van der Waals surface area contributed by atoms with E-state index in [-0.39, 0.29) is 30.7 Å². The van der Waals surface area contributed by atoms with Crippen molar-refractivity contribution in [3.05, 3.63) is 75.7 Å². The summed E-state index contributed by atoms with van der Waals surface area (Å²) in [4.78, 5) is 40.1. The van der Waals surface area contributed by atoms with Gasteiger partial charge < -0.3 is 20.5 Å². The van der Waals surface area contributed by atoms with Crippen molar-refractivity contribution in [3.63, 3.8) is 0 Å². The van der Waals surface area contributed by atoms with Crippen LogP contribution >= 0.6 is 11.3 Å². The summed E-state index contributed by atoms with van der Waals surface area (Å²) >= 11 is 1.20. The number of aromatic nitrogens is 1. The van der Waals surface area contributed by atoms with E-state index in [1.807, 2.05) is 24.3 Å². The van der Waals surface area contributed by atoms with Crippen LogP contribution in [0.3, 0.4) is 0 Å². The van der Waals surface area contributed by atoms with E-state index in [1.54, 1.807) is 13.8 Å². The Morgan fingerprint density at radius 3 is 2.26 bits per heavy atom. The molecule has 176 valence electrons. The number of carboxylic acids is 1. The van der Waals surface area contributed by atoms with Gasteiger partial charge in [-0.15, -0.1) is 11.3 Å². The minimum absolute atomic E-state index is 0.0311. The van der Waals surface area contributed by atoms with Crippen LogP contribution in [-0.4, -0.2) is 40.7 Å². The fraction of sp³-hybridized carbons (Fsp3) is 0.280. The second kappa shape index (κ2) is 10.0. The number of carbonyl (C=O) groups excluding carboxylic acids is 2. The zero-order chi connectivity index (χ0) is 24.2. The summed E-state index contributed by atoms with van der Waals surface area (Å²) in [6.07, 6.45) is -0.575. The quantitative estimate of drug-likeness (QED) is 0.449. The lowest BCUT2D eigenvalue weighted by molar-refractivity contribution is -0.140. The van der Waals surface area contributed by atoms with E-state index >= 15 is 0 Å². The van der Waals surface area contributed by atoms with Crippen LogP contribution in [0.5, 0.6) is 0 Å². The molecule has 3 N–H and O–H groups in total. The zero-order valence-electron chi connectivity index (χ0n) is 18.8. The van der Waals surface area contributed by atoms with Gasteiger partial charge in [-0.05, 0) is 28.2 Å². The summed E-state index contributed by atoms with van der Waals surface area (Å²) in [7, 11) is 0. The highest BCUT2D eigenvalue weighted by Crippen LogP contribution is 2.44. The third-order valence-electron chi connectivity index (χ3n) is 5.73. The summed E-state index contributed by atoms with van der Waals surface area (Å²) in [5.41, 5.74) is 4.69. The largest absolute Gasteiger partial charge is 0.480 e. The molecule has 1 aliphatic carbocycles. The predicted molar refractivity (Wildman–Crippen MR) is 128 cm³/mol. The molecule has 0 aliphatic heterocycles. The van der Waals surface area contributed by atoms with Gasteiger partial charge in [-0.2, -0.15) is 0 Å². The van der Waals surface area contributed by atoms with Gasteiger partial charge in [-0.25, -0.2) is 14.6 Å². The van der Waals surface area contributed by atoms with Crippen molar-refractivity contribution in [1.82, 2.24) is 15.6 Å². The molecule has 4 rings (SSSR count). The molecular weight excluding hydrogens is 454 g/mol. The van der Waals surface area contributed by atoms with E-state index in [0.29, 0.717) is 5.01 Å². The molecule has 3 aromatic rings. The van der Waals surface area contributed by atoms with E-state index in [0.717, 1.165) is 22.3 Å². The summed E-state index contributed by atoms with van der Waals surface area (Å²) < 4.78 is 5.50. The summed E-state index contributed by atoms with van der Waals surface area (Å²) in [5.74, 6) is -1.97. The second-order valence-electron chi connectivity index (χ2n) is 8.34. The normalized spacial score (nSPS) is 13.1. The number of rotatable bonds is 8. The first-order valence-electron chi connectivity index (χ1n) is 10.9. The van der Waals surface area contributed by atoms with Crippen molar-refractivity contribution in [2.45, 2.75) is 32.4 Å². The molecule has 2 aromatic carbocycles. The Hall–Kier alpha value is -3.72. The molecule has 2 amide bonds. The number of nitrogens with one attached hydrogen (secondary N) is 2. The molecule has 1 atom stereocenters. The van der Waals surface area contributed by atoms with Crippen molar-refractivity contribution >= 4 is 29.3 Å². The highest BCUT2D eigenvalue weighted by atomic mass is 32.1. The smallest absolute Gasteiger partial charge is 0.407 e. The SMILES string of the molecule is CC(C)[C@@H](NC(=O)c1csc(CNC(=O)OCC2c3ccccc3-c3ccccc32)n1)C(=O)O. The van der Waals surface area contributed by atoms with E-state index in [4.69, 9.17) is 4.74 Å². The minimum atomic E-state index is -1.10. The highest BCUT2D eigenvalue weighted by Gasteiger charge is 2.29. The highest BCUT2D eigenvalue weighted by molar-refractivity contribution is 7.09. The van der Waals surface area contributed by atoms with Gasteiger partial charge in [0.05, 0.1) is 6.54 Å². The maximum atomic E-state index is 12.3. The molecule has 1 aromatic heterocycles. The van der Waals surface area contributed by atoms with Crippen molar-refractivity contribution in [2.75, 3.05) is 6.61 Å². The van der Waals surface area contributed by atoms with Gasteiger partial charge in [0.2, 0.25) is 0 Å². The fourth-order valence-corrected chi connectivity index (χ4v) is 4.74. The lowest BCUT2D eigenvalue weighted by Gasteiger charge is -2.16. The molecule has 0 spiro atoms. The summed E-state index contributed by atoms with van der Waals surface area (Å²) in [6, 6.07) is 15.2. The maximum Gasteiger partial charge on any atom is 0.407 e. The first-order valence-corrected chi connectivity index (χ1v) is 11.8. The molecule has 0 unspecified atom stereocenters. The second-order valence-corrected chi connectivity index (χ2v) is 9.28. The van der Waals surface area contributed by atoms with Crippen molar-refractivity contribution in [1.29, 1.82) is 0 Å². The summed E-state index contributed by atoms with van der Waals surface area (Å²) in [5, 5.41) is 16.4. The number of ether oxygens (including phenoxy) is 1. The van der Waals surface area contributed by atoms with Gasteiger partial charge in [0.25, 0.3) is 5.91 Å². The number of hydrogen-bond acceptors (Lipinski definition) is 6. The van der Waals surface area contributed by atoms with Crippen molar-refractivity contribution in [3.8, 4) is 11.1 Å². The number of carbonyl (C=O) groups is 3. The van der Waals surface area contributed by atoms with Gasteiger partial charge in [0, 0.05) is 11.3 Å². The maximum absolute atomic E-state index is 12.3. The standard InChI is InChI=1S/C25H25N3O5S/c1-14(2)22(24(30)31)28-23(29)20-13-34-21(27-20)11-26-25(32)33-12-19-17-9-5-3-7-15(17)16-8-4-6-10-18(16)19/h3-10,13-14,19,22H,11-12H2,1-2H3,(H,26,32)(H,28,29)(H,30,31)/t22-/m1/s1. The van der Waals surface area contributed by atoms with Crippen molar-refractivity contribution in [2.24, 2.45) is 5.92 Å². The Bertz CT molecular complexity index is 1180. The van der Waals surface area contributed by atoms with Gasteiger partial charge in [0.15, 0.2) is 0 Å². The Balaban J connectivity index is 1.31. The number of thiazole rings is 1. The molecule has 8 nitrogen and oxygen atoms in total. The van der Waals surface area contributed by atoms with Crippen LogP contribution < -0.4 is 10.6 Å². The topological polar surface area (TPSA) is 118 Å². The van der Waals surface area contributed by atoms with Gasteiger partial charge in [0.1, 0.15) is 23.4 Å². The molecule has 0 bridgehead atoms. The van der Waals surface area contributed by atoms with Crippen LogP contribution in [0.2, 0.25) is 0 Å². The molecule has 0 saturated carbocycles. The summed E-state index contributed by atoms with van der Waals surface area (Å²) in [6.45, 7) is 3.73. The molecule has 1 aliphatic rings. The van der Waals surface area contributed by atoms with Gasteiger partial charge >= 0.3 is 12.1 Å². The van der Waals surface area contributed by atoms with E-state index in [2.05, 4.69) is 39.9 Å². The first kappa shape index (κ1) is 23.4. The molecule has 34 heavy (non-hydrogen) atoms. The Morgan fingerprint density at radius 2 is 1.68 bits per heavy atom. The monoisotopic (exact) mass is 479 g/mol. The Labute approximate surface area is 201 Å². The van der Waals surface area contributed by atoms with E-state index in [1.165, 1.54) is 16.7 Å². The molecule has 9 heteroatoms. The first-order chi connectivity index (χ1) is 16.3. The van der Waals surface area contributed by atoms with Gasteiger partial charge in [-0.3, -0.25) is 4.79 Å². The predicted octanol–water partition coefficient (Wildman–Crippen LogP) is 4.02. The number of aliphatic carboxylic acids is 1.